The van der Waals surface area contributed by atoms with E-state index >= 15 is 0 Å². The van der Waals surface area contributed by atoms with Crippen LogP contribution in [-0.4, -0.2) is 35.3 Å². The smallest absolute Gasteiger partial charge is 0.252 e. The van der Waals surface area contributed by atoms with Crippen LogP contribution in [0.25, 0.3) is 0 Å². The first-order valence-corrected chi connectivity index (χ1v) is 8.55. The number of benzene rings is 1. The van der Waals surface area contributed by atoms with Gasteiger partial charge in [0.25, 0.3) is 5.91 Å². The minimum atomic E-state index is -0.225. The summed E-state index contributed by atoms with van der Waals surface area (Å²) < 4.78 is 0. The van der Waals surface area contributed by atoms with E-state index in [0.717, 1.165) is 11.1 Å². The molecule has 2 amide bonds. The number of aromatic nitrogens is 1. The molecule has 1 aliphatic heterocycles. The summed E-state index contributed by atoms with van der Waals surface area (Å²) in [6.07, 6.45) is 3.87. The average Bonchev–Trinajstić information content (AvgIpc) is 2.88. The molecule has 1 aromatic heterocycles. The third-order valence-electron chi connectivity index (χ3n) is 4.61. The summed E-state index contributed by atoms with van der Waals surface area (Å²) in [5.41, 5.74) is 2.42. The van der Waals surface area contributed by atoms with Crippen molar-refractivity contribution < 1.29 is 9.59 Å². The van der Waals surface area contributed by atoms with Crippen LogP contribution in [0.1, 0.15) is 33.9 Å². The van der Waals surface area contributed by atoms with Crippen LogP contribution in [0.2, 0.25) is 5.02 Å². The monoisotopic (exact) mass is 357 g/mol. The maximum absolute atomic E-state index is 12.4. The summed E-state index contributed by atoms with van der Waals surface area (Å²) in [7, 11) is 1.79. The summed E-state index contributed by atoms with van der Waals surface area (Å²) in [5.74, 6) is -0.159. The third-order valence-corrected chi connectivity index (χ3v) is 4.93. The second kappa shape index (κ2) is 7.23. The molecule has 5 nitrogen and oxygen atoms in total. The van der Waals surface area contributed by atoms with Gasteiger partial charge in [0.15, 0.2) is 0 Å². The van der Waals surface area contributed by atoms with E-state index in [1.165, 1.54) is 0 Å². The first-order valence-electron chi connectivity index (χ1n) is 8.17. The molecule has 25 heavy (non-hydrogen) atoms. The summed E-state index contributed by atoms with van der Waals surface area (Å²) in [6.45, 7) is 2.32. The Morgan fingerprint density at radius 1 is 1.40 bits per heavy atom. The fourth-order valence-electron chi connectivity index (χ4n) is 3.31. The van der Waals surface area contributed by atoms with E-state index in [2.05, 4.69) is 10.3 Å². The molecule has 6 heteroatoms. The molecule has 0 saturated carbocycles. The highest BCUT2D eigenvalue weighted by atomic mass is 35.5. The molecule has 2 aromatic rings. The summed E-state index contributed by atoms with van der Waals surface area (Å²) in [5, 5.41) is 3.35. The number of halogens is 1. The maximum atomic E-state index is 12.4. The molecule has 130 valence electrons. The highest BCUT2D eigenvalue weighted by molar-refractivity contribution is 6.33. The number of nitrogens with zero attached hydrogens (tertiary/aromatic N) is 2. The van der Waals surface area contributed by atoms with E-state index in [-0.39, 0.29) is 23.8 Å². The van der Waals surface area contributed by atoms with Gasteiger partial charge >= 0.3 is 0 Å². The van der Waals surface area contributed by atoms with Crippen LogP contribution < -0.4 is 5.32 Å². The Kier molecular flexibility index (Phi) is 5.04. The van der Waals surface area contributed by atoms with E-state index in [1.54, 1.807) is 36.5 Å². The van der Waals surface area contributed by atoms with Crippen LogP contribution in [0.15, 0.2) is 42.7 Å². The highest BCUT2D eigenvalue weighted by Crippen LogP contribution is 2.36. The standard InChI is InChI=1S/C19H20ClN3O2/c1-12-5-6-15(16(20)8-12)19(25)22-11-14-9-17(24)23(2)18(14)13-4-3-7-21-10-13/h3-8,10,14,18H,9,11H2,1-2H3,(H,22,25)/t14-,18-/m0/s1. The summed E-state index contributed by atoms with van der Waals surface area (Å²) in [4.78, 5) is 30.5. The second-order valence-electron chi connectivity index (χ2n) is 6.39. The molecule has 3 rings (SSSR count). The van der Waals surface area contributed by atoms with E-state index in [9.17, 15) is 9.59 Å². The highest BCUT2D eigenvalue weighted by Gasteiger charge is 2.38. The van der Waals surface area contributed by atoms with Crippen LogP contribution in [0.3, 0.4) is 0 Å². The van der Waals surface area contributed by atoms with Gasteiger partial charge in [-0.25, -0.2) is 0 Å². The second-order valence-corrected chi connectivity index (χ2v) is 6.80. The Balaban J connectivity index is 1.73. The molecule has 2 heterocycles. The van der Waals surface area contributed by atoms with E-state index in [0.29, 0.717) is 23.6 Å². The molecular formula is C19H20ClN3O2. The zero-order chi connectivity index (χ0) is 18.0. The van der Waals surface area contributed by atoms with E-state index < -0.39 is 0 Å². The van der Waals surface area contributed by atoms with Gasteiger partial charge in [0.1, 0.15) is 0 Å². The quantitative estimate of drug-likeness (QED) is 0.915. The van der Waals surface area contributed by atoms with Gasteiger partial charge in [-0.1, -0.05) is 23.7 Å². The zero-order valence-electron chi connectivity index (χ0n) is 14.2. The maximum Gasteiger partial charge on any atom is 0.252 e. The molecule has 1 saturated heterocycles. The Morgan fingerprint density at radius 3 is 2.88 bits per heavy atom. The fraction of sp³-hybridized carbons (Fsp3) is 0.316. The fourth-order valence-corrected chi connectivity index (χ4v) is 3.63. The largest absolute Gasteiger partial charge is 0.352 e. The number of hydrogen-bond donors (Lipinski definition) is 1. The molecule has 1 aliphatic rings. The van der Waals surface area contributed by atoms with E-state index in [1.807, 2.05) is 25.1 Å². The lowest BCUT2D eigenvalue weighted by Gasteiger charge is -2.25. The first kappa shape index (κ1) is 17.4. The average molecular weight is 358 g/mol. The molecule has 1 N–H and O–H groups in total. The number of pyridine rings is 1. The topological polar surface area (TPSA) is 62.3 Å². The van der Waals surface area contributed by atoms with Crippen molar-refractivity contribution in [3.8, 4) is 0 Å². The van der Waals surface area contributed by atoms with Crippen molar-refractivity contribution in [1.29, 1.82) is 0 Å². The molecule has 1 aromatic carbocycles. The normalized spacial score (nSPS) is 20.0. The molecule has 0 bridgehead atoms. The van der Waals surface area contributed by atoms with Crippen molar-refractivity contribution in [3.05, 3.63) is 64.4 Å². The van der Waals surface area contributed by atoms with Crippen molar-refractivity contribution >= 4 is 23.4 Å². The van der Waals surface area contributed by atoms with Gasteiger partial charge < -0.3 is 10.2 Å². The predicted molar refractivity (Wildman–Crippen MR) is 96.4 cm³/mol. The number of aryl methyl sites for hydroxylation is 1. The number of rotatable bonds is 4. The molecule has 0 spiro atoms. The van der Waals surface area contributed by atoms with Gasteiger partial charge in [0.05, 0.1) is 16.6 Å². The van der Waals surface area contributed by atoms with Gasteiger partial charge in [-0.05, 0) is 36.2 Å². The van der Waals surface area contributed by atoms with Crippen LogP contribution in [0, 0.1) is 12.8 Å². The Morgan fingerprint density at radius 2 is 2.20 bits per heavy atom. The molecule has 0 radical (unpaired) electrons. The molecule has 1 fully saturated rings. The van der Waals surface area contributed by atoms with Crippen molar-refractivity contribution in [1.82, 2.24) is 15.2 Å². The number of likely N-dealkylation sites (tertiary alicyclic amines) is 1. The van der Waals surface area contributed by atoms with Gasteiger partial charge in [-0.2, -0.15) is 0 Å². The number of amides is 2. The summed E-state index contributed by atoms with van der Waals surface area (Å²) >= 11 is 6.16. The van der Waals surface area contributed by atoms with Gasteiger partial charge in [0.2, 0.25) is 5.91 Å². The molecular weight excluding hydrogens is 338 g/mol. The molecule has 0 unspecified atom stereocenters. The number of carbonyl (C=O) groups excluding carboxylic acids is 2. The lowest BCUT2D eigenvalue weighted by atomic mass is 9.94. The van der Waals surface area contributed by atoms with Crippen molar-refractivity contribution in [3.63, 3.8) is 0 Å². The Hall–Kier alpha value is -2.40. The van der Waals surface area contributed by atoms with Crippen molar-refractivity contribution in [2.75, 3.05) is 13.6 Å². The van der Waals surface area contributed by atoms with Crippen molar-refractivity contribution in [2.24, 2.45) is 5.92 Å². The van der Waals surface area contributed by atoms with Crippen LogP contribution in [0.5, 0.6) is 0 Å². The minimum Gasteiger partial charge on any atom is -0.352 e. The molecule has 2 atom stereocenters. The lowest BCUT2D eigenvalue weighted by molar-refractivity contribution is -0.127. The Bertz CT molecular complexity index is 795. The minimum absolute atomic E-state index is 0.00475. The summed E-state index contributed by atoms with van der Waals surface area (Å²) in [6, 6.07) is 9.06. The van der Waals surface area contributed by atoms with Gasteiger partial charge in [0, 0.05) is 38.3 Å². The first-order chi connectivity index (χ1) is 12.0. The van der Waals surface area contributed by atoms with Crippen LogP contribution in [0.4, 0.5) is 0 Å². The van der Waals surface area contributed by atoms with Gasteiger partial charge in [-0.3, -0.25) is 14.6 Å². The SMILES string of the molecule is Cc1ccc(C(=O)NC[C@@H]2CC(=O)N(C)[C@H]2c2cccnc2)c(Cl)c1. The number of hydrogen-bond acceptors (Lipinski definition) is 3. The van der Waals surface area contributed by atoms with Crippen LogP contribution in [-0.2, 0) is 4.79 Å². The lowest BCUT2D eigenvalue weighted by Crippen LogP contribution is -2.32. The molecule has 0 aliphatic carbocycles. The third kappa shape index (κ3) is 3.66. The van der Waals surface area contributed by atoms with Crippen molar-refractivity contribution in [2.45, 2.75) is 19.4 Å². The number of nitrogens with one attached hydrogen (secondary N) is 1. The Labute approximate surface area is 152 Å². The van der Waals surface area contributed by atoms with E-state index in [4.69, 9.17) is 11.6 Å². The zero-order valence-corrected chi connectivity index (χ0v) is 15.0. The van der Waals surface area contributed by atoms with Gasteiger partial charge in [-0.15, -0.1) is 0 Å². The number of carbonyl (C=O) groups is 2. The van der Waals surface area contributed by atoms with Crippen LogP contribution >= 0.6 is 11.6 Å². The predicted octanol–water partition coefficient (Wildman–Crippen LogP) is 2.99.